The summed E-state index contributed by atoms with van der Waals surface area (Å²) in [5.41, 5.74) is 3.86. The molecular weight excluding hydrogens is 278 g/mol. The maximum absolute atomic E-state index is 4.03. The third kappa shape index (κ3) is 3.88. The molecule has 1 heteroatoms. The van der Waals surface area contributed by atoms with Gasteiger partial charge < -0.3 is 5.32 Å². The summed E-state index contributed by atoms with van der Waals surface area (Å²) in [5, 5.41) is 6.29. The summed E-state index contributed by atoms with van der Waals surface area (Å²) >= 11 is 0. The largest absolute Gasteiger partial charge is 0.306 e. The third-order valence-corrected chi connectivity index (χ3v) is 4.13. The summed E-state index contributed by atoms with van der Waals surface area (Å²) in [7, 11) is 0. The maximum atomic E-state index is 4.03. The van der Waals surface area contributed by atoms with Crippen LogP contribution >= 0.6 is 0 Å². The molecule has 0 aromatic heterocycles. The van der Waals surface area contributed by atoms with Gasteiger partial charge in [-0.2, -0.15) is 0 Å². The monoisotopic (exact) mass is 301 g/mol. The number of hydrogen-bond acceptors (Lipinski definition) is 1. The van der Waals surface area contributed by atoms with Crippen molar-refractivity contribution in [3.8, 4) is 0 Å². The summed E-state index contributed by atoms with van der Waals surface area (Å²) in [6.07, 6.45) is 0.974. The molecule has 0 aliphatic carbocycles. The first kappa shape index (κ1) is 15.5. The lowest BCUT2D eigenvalue weighted by Gasteiger charge is -2.21. The van der Waals surface area contributed by atoms with E-state index in [4.69, 9.17) is 0 Å². The van der Waals surface area contributed by atoms with Gasteiger partial charge in [-0.3, -0.25) is 0 Å². The Labute approximate surface area is 138 Å². The van der Waals surface area contributed by atoms with Gasteiger partial charge in [-0.1, -0.05) is 84.9 Å². The molecule has 3 aromatic rings. The van der Waals surface area contributed by atoms with E-state index in [-0.39, 0.29) is 6.04 Å². The Morgan fingerprint density at radius 1 is 0.913 bits per heavy atom. The molecule has 0 saturated carbocycles. The fourth-order valence-electron chi connectivity index (χ4n) is 2.99. The highest BCUT2D eigenvalue weighted by Crippen LogP contribution is 2.27. The van der Waals surface area contributed by atoms with E-state index in [1.165, 1.54) is 21.9 Å². The lowest BCUT2D eigenvalue weighted by molar-refractivity contribution is 0.561. The fraction of sp³-hybridized carbons (Fsp3) is 0.182. The molecule has 3 rings (SSSR count). The van der Waals surface area contributed by atoms with Crippen molar-refractivity contribution in [2.45, 2.75) is 19.4 Å². The fourth-order valence-corrected chi connectivity index (χ4v) is 2.99. The summed E-state index contributed by atoms with van der Waals surface area (Å²) in [5.74, 6) is 0. The molecule has 1 nitrogen and oxygen atoms in total. The van der Waals surface area contributed by atoms with Crippen LogP contribution in [0.5, 0.6) is 0 Å². The summed E-state index contributed by atoms with van der Waals surface area (Å²) in [6, 6.07) is 26.1. The molecule has 116 valence electrons. The zero-order valence-electron chi connectivity index (χ0n) is 13.6. The second kappa shape index (κ2) is 7.26. The van der Waals surface area contributed by atoms with Crippen LogP contribution in [0.25, 0.3) is 10.8 Å². The average Bonchev–Trinajstić information content (AvgIpc) is 2.59. The SMILES string of the molecule is C=C(C)CN[C@@H](Cc1ccccc1)c1cccc2ccccc12. The molecule has 0 aliphatic rings. The van der Waals surface area contributed by atoms with Crippen LogP contribution in [0.15, 0.2) is 84.9 Å². The summed E-state index contributed by atoms with van der Waals surface area (Å²) in [6.45, 7) is 6.93. The highest BCUT2D eigenvalue weighted by Gasteiger charge is 2.14. The van der Waals surface area contributed by atoms with E-state index in [1.807, 2.05) is 0 Å². The minimum Gasteiger partial charge on any atom is -0.306 e. The summed E-state index contributed by atoms with van der Waals surface area (Å²) < 4.78 is 0. The highest BCUT2D eigenvalue weighted by molar-refractivity contribution is 5.86. The van der Waals surface area contributed by atoms with Gasteiger partial charge in [0, 0.05) is 12.6 Å². The van der Waals surface area contributed by atoms with Crippen molar-refractivity contribution in [2.24, 2.45) is 0 Å². The first-order valence-corrected chi connectivity index (χ1v) is 8.13. The number of rotatable bonds is 6. The molecule has 0 heterocycles. The summed E-state index contributed by atoms with van der Waals surface area (Å²) in [4.78, 5) is 0. The number of benzene rings is 3. The van der Waals surface area contributed by atoms with E-state index in [2.05, 4.69) is 91.6 Å². The Morgan fingerprint density at radius 2 is 1.61 bits per heavy atom. The molecular formula is C22H23N. The smallest absolute Gasteiger partial charge is 0.0369 e. The molecule has 23 heavy (non-hydrogen) atoms. The van der Waals surface area contributed by atoms with E-state index in [0.717, 1.165) is 18.5 Å². The number of hydrogen-bond donors (Lipinski definition) is 1. The molecule has 0 aliphatic heterocycles. The predicted octanol–water partition coefficient (Wildman–Crippen LogP) is 5.29. The Morgan fingerprint density at radius 3 is 2.39 bits per heavy atom. The minimum atomic E-state index is 0.278. The maximum Gasteiger partial charge on any atom is 0.0369 e. The van der Waals surface area contributed by atoms with Crippen molar-refractivity contribution in [3.63, 3.8) is 0 Å². The van der Waals surface area contributed by atoms with Crippen LogP contribution in [0.4, 0.5) is 0 Å². The van der Waals surface area contributed by atoms with Gasteiger partial charge in [0.25, 0.3) is 0 Å². The molecule has 0 fully saturated rings. The van der Waals surface area contributed by atoms with E-state index in [1.54, 1.807) is 0 Å². The van der Waals surface area contributed by atoms with Crippen LogP contribution in [0.2, 0.25) is 0 Å². The lowest BCUT2D eigenvalue weighted by atomic mass is 9.94. The van der Waals surface area contributed by atoms with Crippen LogP contribution in [0.1, 0.15) is 24.1 Å². The van der Waals surface area contributed by atoms with Crippen molar-refractivity contribution in [2.75, 3.05) is 6.54 Å². The zero-order valence-corrected chi connectivity index (χ0v) is 13.6. The van der Waals surface area contributed by atoms with E-state index in [9.17, 15) is 0 Å². The molecule has 1 N–H and O–H groups in total. The van der Waals surface area contributed by atoms with Crippen molar-refractivity contribution in [1.29, 1.82) is 0 Å². The van der Waals surface area contributed by atoms with Crippen molar-refractivity contribution < 1.29 is 0 Å². The molecule has 0 unspecified atom stereocenters. The quantitative estimate of drug-likeness (QED) is 0.610. The van der Waals surface area contributed by atoms with Crippen molar-refractivity contribution in [3.05, 3.63) is 96.1 Å². The molecule has 0 amide bonds. The molecule has 3 aromatic carbocycles. The van der Waals surface area contributed by atoms with Gasteiger partial charge in [-0.15, -0.1) is 0 Å². The van der Waals surface area contributed by atoms with Gasteiger partial charge >= 0.3 is 0 Å². The van der Waals surface area contributed by atoms with Gasteiger partial charge in [0.05, 0.1) is 0 Å². The molecule has 0 saturated heterocycles. The second-order valence-electron chi connectivity index (χ2n) is 6.15. The van der Waals surface area contributed by atoms with Crippen LogP contribution in [-0.4, -0.2) is 6.54 Å². The first-order valence-electron chi connectivity index (χ1n) is 8.13. The van der Waals surface area contributed by atoms with Gasteiger partial charge in [0.2, 0.25) is 0 Å². The van der Waals surface area contributed by atoms with Crippen molar-refractivity contribution >= 4 is 10.8 Å². The van der Waals surface area contributed by atoms with Gasteiger partial charge in [0.15, 0.2) is 0 Å². The number of nitrogens with one attached hydrogen (secondary N) is 1. The van der Waals surface area contributed by atoms with Crippen LogP contribution < -0.4 is 5.32 Å². The van der Waals surface area contributed by atoms with Crippen molar-refractivity contribution in [1.82, 2.24) is 5.32 Å². The standard InChI is InChI=1S/C22H23N/c1-17(2)16-23-22(15-18-9-4-3-5-10-18)21-14-8-12-19-11-6-7-13-20(19)21/h3-14,22-23H,1,15-16H2,2H3/t22-/m0/s1. The Balaban J connectivity index is 1.97. The Bertz CT molecular complexity index is 784. The van der Waals surface area contributed by atoms with Gasteiger partial charge in [-0.05, 0) is 35.2 Å². The van der Waals surface area contributed by atoms with E-state index >= 15 is 0 Å². The predicted molar refractivity (Wildman–Crippen MR) is 99.7 cm³/mol. The van der Waals surface area contributed by atoms with Crippen LogP contribution in [0, 0.1) is 0 Å². The third-order valence-electron chi connectivity index (χ3n) is 4.13. The normalized spacial score (nSPS) is 12.2. The second-order valence-corrected chi connectivity index (χ2v) is 6.15. The molecule has 0 spiro atoms. The highest BCUT2D eigenvalue weighted by atomic mass is 14.9. The number of fused-ring (bicyclic) bond motifs is 1. The lowest BCUT2D eigenvalue weighted by Crippen LogP contribution is -2.25. The molecule has 0 bridgehead atoms. The van der Waals surface area contributed by atoms with E-state index < -0.39 is 0 Å². The zero-order chi connectivity index (χ0) is 16.1. The molecule has 1 atom stereocenters. The topological polar surface area (TPSA) is 12.0 Å². The van der Waals surface area contributed by atoms with Gasteiger partial charge in [0.1, 0.15) is 0 Å². The first-order chi connectivity index (χ1) is 11.2. The van der Waals surface area contributed by atoms with Gasteiger partial charge in [-0.25, -0.2) is 0 Å². The van der Waals surface area contributed by atoms with Crippen LogP contribution in [0.3, 0.4) is 0 Å². The van der Waals surface area contributed by atoms with Crippen LogP contribution in [-0.2, 0) is 6.42 Å². The Kier molecular flexibility index (Phi) is 4.89. The minimum absolute atomic E-state index is 0.278. The van der Waals surface area contributed by atoms with E-state index in [0.29, 0.717) is 0 Å². The average molecular weight is 301 g/mol. The Hall–Kier alpha value is -2.38. The molecule has 0 radical (unpaired) electrons.